The van der Waals surface area contributed by atoms with E-state index < -0.39 is 101 Å². The smallest absolute Gasteiger partial charge is 0.462 e. The van der Waals surface area contributed by atoms with Crippen LogP contribution < -0.4 is 5.73 Å². The van der Waals surface area contributed by atoms with Gasteiger partial charge in [0.05, 0.1) is 12.7 Å². The summed E-state index contributed by atoms with van der Waals surface area (Å²) >= 11 is 4.93. The number of carbonyl (C=O) groups excluding carboxylic acids is 2. The first-order valence-corrected chi connectivity index (χ1v) is 23.2. The van der Waals surface area contributed by atoms with Gasteiger partial charge in [0, 0.05) is 26.3 Å². The molecule has 0 aromatic carbocycles. The number of halogens is 1. The Balaban J connectivity index is 1.32. The lowest BCUT2D eigenvalue weighted by molar-refractivity contribution is -0.262. The number of unbranched alkanes of at least 4 members (excludes halogenated alkanes) is 8. The molecule has 2 aliphatic heterocycles. The molecule has 4 heterocycles. The molecule has 0 saturated carbocycles. The van der Waals surface area contributed by atoms with Crippen molar-refractivity contribution in [2.75, 3.05) is 18.9 Å². The van der Waals surface area contributed by atoms with E-state index in [2.05, 4.69) is 22.0 Å². The number of aliphatic hydroxyl groups excluding tert-OH is 2. The zero-order valence-electron chi connectivity index (χ0n) is 32.8. The normalized spacial score (nSPS) is 29.1. The lowest BCUT2D eigenvalue weighted by Gasteiger charge is -2.44. The first-order valence-electron chi connectivity index (χ1n) is 19.1. The summed E-state index contributed by atoms with van der Waals surface area (Å²) in [5.74, 6) is -2.65. The van der Waals surface area contributed by atoms with Gasteiger partial charge in [-0.05, 0) is 24.1 Å². The number of aromatic nitrogens is 4. The van der Waals surface area contributed by atoms with Gasteiger partial charge >= 0.3 is 26.5 Å². The third kappa shape index (κ3) is 13.1. The molecule has 6 N–H and O–H groups in total. The molecule has 2 saturated heterocycles. The highest BCUT2D eigenvalue weighted by atomic mass is 32.5. The zero-order valence-corrected chi connectivity index (χ0v) is 35.4. The number of nitrogens with zero attached hydrogens (tertiary/aromatic N) is 4. The summed E-state index contributed by atoms with van der Waals surface area (Å²) in [6.07, 6.45) is -1.40. The lowest BCUT2D eigenvalue weighted by atomic mass is 9.82. The van der Waals surface area contributed by atoms with Crippen LogP contribution in [-0.4, -0.2) is 108 Å². The minimum Gasteiger partial charge on any atom is -0.462 e. The van der Waals surface area contributed by atoms with Crippen LogP contribution >= 0.6 is 14.5 Å². The van der Waals surface area contributed by atoms with Gasteiger partial charge in [0.15, 0.2) is 18.1 Å². The maximum Gasteiger partial charge on any atom is 0.481 e. The first-order chi connectivity index (χ1) is 26.9. The molecule has 0 bridgehead atoms. The Morgan fingerprint density at radius 1 is 1.04 bits per heavy atom. The van der Waals surface area contributed by atoms with Gasteiger partial charge in [0.2, 0.25) is 6.29 Å². The summed E-state index contributed by atoms with van der Waals surface area (Å²) in [7, 11) is -3.88. The molecule has 2 aliphatic rings. The summed E-state index contributed by atoms with van der Waals surface area (Å²) in [6.45, 7) is 0.349. The van der Waals surface area contributed by atoms with Gasteiger partial charge in [0.25, 0.3) is 0 Å². The molecule has 57 heavy (non-hydrogen) atoms. The summed E-state index contributed by atoms with van der Waals surface area (Å²) in [5, 5.41) is 25.8. The Morgan fingerprint density at radius 3 is 2.33 bits per heavy atom. The van der Waals surface area contributed by atoms with Crippen LogP contribution in [0.2, 0.25) is 0 Å². The zero-order chi connectivity index (χ0) is 42.1. The standard InChI is InChI=1S/C34H56FN5O14P2S/c1-6-7-8-9-10-11-12-13-14-15-24(42)48-16-22(35)30-19(2)20(3)31(50-21(4)41)34(52-30)53-55(45,46)54-56(47,57)49-17-23-28(43)29(44)32(51-23)26-25-27(40(5)39-26)33(36)38-18-37-25/h18-20,22-23,28-32,34,43-44H,6-17H2,1-5H3,(H,45,46)(H,47,57)(H2,36,37,38)/t19-,20?,22-,23+,28-,29?,30?,31+,32-,34-,56?/m0/s1. The second-order valence-corrected chi connectivity index (χ2v) is 18.9. The number of nitrogens with two attached hydrogens (primary N) is 1. The van der Waals surface area contributed by atoms with Crippen molar-refractivity contribution in [3.8, 4) is 0 Å². The molecule has 23 heteroatoms. The third-order valence-electron chi connectivity index (χ3n) is 10.1. The average Bonchev–Trinajstić information content (AvgIpc) is 3.62. The Bertz CT molecular complexity index is 1750. The summed E-state index contributed by atoms with van der Waals surface area (Å²) < 4.78 is 67.4. The maximum absolute atomic E-state index is 15.6. The number of aliphatic hydroxyl groups is 2. The van der Waals surface area contributed by atoms with Crippen LogP contribution in [0.3, 0.4) is 0 Å². The number of fused-ring (bicyclic) bond motifs is 1. The van der Waals surface area contributed by atoms with Crippen LogP contribution in [0.15, 0.2) is 6.33 Å². The SMILES string of the molecule is CCCCCCCCCCCC(=O)OC[C@H](F)C1O[C@@H](OP(=O)(O)OP(O)(=S)OC[C@H]2O[C@@H](c3nn(C)c4c(N)ncnc34)C(O)[C@H]2O)[C@H](OC(C)=O)C(C)[C@@H]1C. The van der Waals surface area contributed by atoms with Crippen molar-refractivity contribution in [3.05, 3.63) is 12.0 Å². The van der Waals surface area contributed by atoms with E-state index in [0.717, 1.165) is 32.6 Å². The lowest BCUT2D eigenvalue weighted by Crippen LogP contribution is -2.55. The van der Waals surface area contributed by atoms with Crippen LogP contribution in [0.25, 0.3) is 11.0 Å². The van der Waals surface area contributed by atoms with Crippen LogP contribution in [0, 0.1) is 11.8 Å². The fourth-order valence-electron chi connectivity index (χ4n) is 6.91. The minimum absolute atomic E-state index is 0.116. The van der Waals surface area contributed by atoms with Crippen LogP contribution in [0.1, 0.15) is 104 Å². The second-order valence-electron chi connectivity index (χ2n) is 14.5. The van der Waals surface area contributed by atoms with Gasteiger partial charge in [-0.2, -0.15) is 5.10 Å². The van der Waals surface area contributed by atoms with Crippen molar-refractivity contribution in [2.45, 2.75) is 141 Å². The number of ether oxygens (including phenoxy) is 4. The van der Waals surface area contributed by atoms with Gasteiger partial charge < -0.3 is 49.2 Å². The molecule has 2 fully saturated rings. The highest BCUT2D eigenvalue weighted by molar-refractivity contribution is 8.08. The predicted octanol–water partition coefficient (Wildman–Crippen LogP) is 4.21. The molecule has 324 valence electrons. The number of aryl methyl sites for hydroxylation is 1. The fraction of sp³-hybridized carbons (Fsp3) is 0.794. The molecule has 5 unspecified atom stereocenters. The molecular weight excluding hydrogens is 815 g/mol. The molecule has 12 atom stereocenters. The van der Waals surface area contributed by atoms with Crippen molar-refractivity contribution in [1.29, 1.82) is 0 Å². The van der Waals surface area contributed by atoms with E-state index in [0.29, 0.717) is 11.9 Å². The predicted molar refractivity (Wildman–Crippen MR) is 205 cm³/mol. The van der Waals surface area contributed by atoms with Gasteiger partial charge in [0.1, 0.15) is 54.1 Å². The highest BCUT2D eigenvalue weighted by Crippen LogP contribution is 2.62. The van der Waals surface area contributed by atoms with Crippen LogP contribution in [0.4, 0.5) is 10.2 Å². The van der Waals surface area contributed by atoms with Crippen LogP contribution in [0.5, 0.6) is 0 Å². The molecule has 2 aromatic rings. The number of rotatable bonds is 22. The van der Waals surface area contributed by atoms with Crippen molar-refractivity contribution in [3.63, 3.8) is 0 Å². The number of nitrogen functional groups attached to an aromatic ring is 1. The molecule has 0 radical (unpaired) electrons. The van der Waals surface area contributed by atoms with E-state index in [9.17, 15) is 34.2 Å². The topological polar surface area (TPSA) is 266 Å². The van der Waals surface area contributed by atoms with E-state index in [1.165, 1.54) is 36.7 Å². The van der Waals surface area contributed by atoms with E-state index in [4.69, 9.17) is 49.8 Å². The molecular formula is C34H56FN5O14P2S. The number of phosphoric ester groups is 1. The fourth-order valence-corrected chi connectivity index (χ4v) is 10.0. The quantitative estimate of drug-likeness (QED) is 0.0630. The monoisotopic (exact) mass is 871 g/mol. The Labute approximate surface area is 335 Å². The third-order valence-corrected chi connectivity index (χ3v) is 13.6. The van der Waals surface area contributed by atoms with Crippen molar-refractivity contribution >= 4 is 55.1 Å². The van der Waals surface area contributed by atoms with Crippen molar-refractivity contribution < 1.29 is 70.8 Å². The number of alkyl halides is 1. The largest absolute Gasteiger partial charge is 0.481 e. The number of phosphoric acid groups is 1. The first kappa shape index (κ1) is 47.4. The van der Waals surface area contributed by atoms with Crippen molar-refractivity contribution in [1.82, 2.24) is 19.7 Å². The van der Waals surface area contributed by atoms with Gasteiger partial charge in [-0.1, -0.05) is 72.1 Å². The molecule has 4 rings (SSSR count). The Kier molecular flexibility index (Phi) is 17.7. The number of esters is 2. The van der Waals surface area contributed by atoms with Gasteiger partial charge in [-0.3, -0.25) is 18.8 Å². The minimum atomic E-state index is -5.45. The molecule has 0 aliphatic carbocycles. The molecule has 0 amide bonds. The Hall–Kier alpha value is -2.26. The Morgan fingerprint density at radius 2 is 1.68 bits per heavy atom. The van der Waals surface area contributed by atoms with E-state index in [1.54, 1.807) is 20.9 Å². The van der Waals surface area contributed by atoms with Gasteiger partial charge in [-0.25, -0.2) is 23.2 Å². The van der Waals surface area contributed by atoms with E-state index in [-0.39, 0.29) is 23.4 Å². The highest BCUT2D eigenvalue weighted by Gasteiger charge is 2.51. The maximum atomic E-state index is 15.6. The summed E-state index contributed by atoms with van der Waals surface area (Å²) in [4.78, 5) is 53.9. The second kappa shape index (κ2) is 21.3. The van der Waals surface area contributed by atoms with Crippen molar-refractivity contribution in [2.24, 2.45) is 18.9 Å². The number of anilines is 1. The summed E-state index contributed by atoms with van der Waals surface area (Å²) in [6, 6.07) is 0. The number of hydrogen-bond donors (Lipinski definition) is 5. The molecule has 19 nitrogen and oxygen atoms in total. The molecule has 0 spiro atoms. The van der Waals surface area contributed by atoms with E-state index in [1.807, 2.05) is 0 Å². The van der Waals surface area contributed by atoms with Gasteiger partial charge in [-0.15, -0.1) is 0 Å². The number of hydrogen-bond acceptors (Lipinski definition) is 17. The van der Waals surface area contributed by atoms with E-state index >= 15 is 4.39 Å². The number of carbonyl (C=O) groups is 2. The van der Waals surface area contributed by atoms with Crippen LogP contribution in [-0.2, 0) is 65.3 Å². The summed E-state index contributed by atoms with van der Waals surface area (Å²) in [5.41, 5.74) is 6.67. The average molecular weight is 872 g/mol. The molecule has 2 aromatic heterocycles.